The fourth-order valence-corrected chi connectivity index (χ4v) is 10.3. The van der Waals surface area contributed by atoms with Gasteiger partial charge in [0.05, 0.1) is 11.0 Å². The summed E-state index contributed by atoms with van der Waals surface area (Å²) in [4.78, 5) is 2.43. The predicted molar refractivity (Wildman–Crippen MR) is 267 cm³/mol. The standard InChI is InChI=1S/C61H44N2/c1-61(2)57-27-10-8-24-53(57)54-35-34-50(40-58(54)61)62(48-32-29-42(30-33-48)52-26-14-16-41-15-6-7-23-51(41)52)49-22-13-19-45(38-49)43-17-12-18-44(37-43)46-31-36-60-56(39-46)55-25-9-11-28-59(55)63(60)47-20-4-3-5-21-47/h3-40H,1-2H3. The molecule has 0 saturated carbocycles. The van der Waals surface area contributed by atoms with Gasteiger partial charge in [-0.15, -0.1) is 0 Å². The van der Waals surface area contributed by atoms with Crippen molar-refractivity contribution in [3.05, 3.63) is 242 Å². The van der Waals surface area contributed by atoms with Crippen LogP contribution < -0.4 is 4.90 Å². The van der Waals surface area contributed by atoms with Crippen LogP contribution in [0.2, 0.25) is 0 Å². The van der Waals surface area contributed by atoms with Gasteiger partial charge >= 0.3 is 0 Å². The van der Waals surface area contributed by atoms with E-state index < -0.39 is 0 Å². The molecule has 1 aromatic heterocycles. The molecule has 0 spiro atoms. The van der Waals surface area contributed by atoms with E-state index in [-0.39, 0.29) is 5.41 Å². The average Bonchev–Trinajstić information content (AvgIpc) is 3.79. The van der Waals surface area contributed by atoms with Crippen LogP contribution in [0.4, 0.5) is 17.1 Å². The lowest BCUT2D eigenvalue weighted by Gasteiger charge is -2.28. The summed E-state index contributed by atoms with van der Waals surface area (Å²) in [6, 6.07) is 84.6. The Bertz CT molecular complexity index is 3530. The number of nitrogens with zero attached hydrogens (tertiary/aromatic N) is 2. The van der Waals surface area contributed by atoms with E-state index in [0.29, 0.717) is 0 Å². The third-order valence-electron chi connectivity index (χ3n) is 13.4. The lowest BCUT2D eigenvalue weighted by Crippen LogP contribution is -2.16. The van der Waals surface area contributed by atoms with Crippen molar-refractivity contribution in [1.82, 2.24) is 4.57 Å². The molecule has 0 saturated heterocycles. The first-order chi connectivity index (χ1) is 31.0. The monoisotopic (exact) mass is 804 g/mol. The number of rotatable bonds is 7. The highest BCUT2D eigenvalue weighted by atomic mass is 15.1. The molecule has 2 heteroatoms. The normalized spacial score (nSPS) is 12.7. The van der Waals surface area contributed by atoms with Gasteiger partial charge in [0.25, 0.3) is 0 Å². The zero-order valence-electron chi connectivity index (χ0n) is 35.3. The number of anilines is 3. The number of benzene rings is 10. The molecule has 11 aromatic rings. The first kappa shape index (κ1) is 36.9. The molecule has 12 rings (SSSR count). The summed E-state index contributed by atoms with van der Waals surface area (Å²) in [5.74, 6) is 0. The highest BCUT2D eigenvalue weighted by Gasteiger charge is 2.35. The van der Waals surface area contributed by atoms with Gasteiger partial charge in [-0.25, -0.2) is 0 Å². The molecule has 10 aromatic carbocycles. The van der Waals surface area contributed by atoms with E-state index in [1.807, 2.05) is 0 Å². The Hall–Kier alpha value is -7.94. The third kappa shape index (κ3) is 6.09. The summed E-state index contributed by atoms with van der Waals surface area (Å²) in [5, 5.41) is 5.02. The minimum atomic E-state index is -0.117. The van der Waals surface area contributed by atoms with Gasteiger partial charge in [-0.1, -0.05) is 172 Å². The second-order valence-corrected chi connectivity index (χ2v) is 17.4. The molecule has 63 heavy (non-hydrogen) atoms. The Kier molecular flexibility index (Phi) is 8.55. The molecular formula is C61H44N2. The Balaban J connectivity index is 0.957. The average molecular weight is 805 g/mol. The van der Waals surface area contributed by atoms with Crippen LogP contribution in [-0.2, 0) is 5.41 Å². The van der Waals surface area contributed by atoms with Crippen LogP contribution in [0.1, 0.15) is 25.0 Å². The largest absolute Gasteiger partial charge is 0.310 e. The molecule has 0 bridgehead atoms. The Morgan fingerprint density at radius 1 is 0.333 bits per heavy atom. The summed E-state index contributed by atoms with van der Waals surface area (Å²) in [6.45, 7) is 4.72. The summed E-state index contributed by atoms with van der Waals surface area (Å²) in [7, 11) is 0. The maximum Gasteiger partial charge on any atom is 0.0541 e. The van der Waals surface area contributed by atoms with Gasteiger partial charge < -0.3 is 9.47 Å². The minimum absolute atomic E-state index is 0.117. The van der Waals surface area contributed by atoms with E-state index in [1.165, 1.54) is 93.9 Å². The summed E-state index contributed by atoms with van der Waals surface area (Å²) >= 11 is 0. The molecule has 0 N–H and O–H groups in total. The Morgan fingerprint density at radius 2 is 0.905 bits per heavy atom. The van der Waals surface area contributed by atoms with Crippen molar-refractivity contribution in [2.24, 2.45) is 0 Å². The Morgan fingerprint density at radius 3 is 1.75 bits per heavy atom. The fourth-order valence-electron chi connectivity index (χ4n) is 10.3. The van der Waals surface area contributed by atoms with Gasteiger partial charge in [0, 0.05) is 38.9 Å². The van der Waals surface area contributed by atoms with Crippen molar-refractivity contribution in [2.75, 3.05) is 4.90 Å². The molecular weight excluding hydrogens is 761 g/mol. The van der Waals surface area contributed by atoms with Gasteiger partial charge in [0.15, 0.2) is 0 Å². The van der Waals surface area contributed by atoms with Gasteiger partial charge in [0.1, 0.15) is 0 Å². The van der Waals surface area contributed by atoms with Crippen molar-refractivity contribution in [3.63, 3.8) is 0 Å². The fraction of sp³-hybridized carbons (Fsp3) is 0.0492. The van der Waals surface area contributed by atoms with Gasteiger partial charge in [-0.3, -0.25) is 0 Å². The molecule has 1 aliphatic rings. The van der Waals surface area contributed by atoms with Crippen LogP contribution in [0, 0.1) is 0 Å². The quantitative estimate of drug-likeness (QED) is 0.156. The van der Waals surface area contributed by atoms with E-state index in [4.69, 9.17) is 0 Å². The van der Waals surface area contributed by atoms with Crippen LogP contribution >= 0.6 is 0 Å². The van der Waals surface area contributed by atoms with Crippen LogP contribution in [0.5, 0.6) is 0 Å². The van der Waals surface area contributed by atoms with E-state index in [2.05, 4.69) is 254 Å². The van der Waals surface area contributed by atoms with E-state index >= 15 is 0 Å². The topological polar surface area (TPSA) is 8.17 Å². The van der Waals surface area contributed by atoms with Crippen molar-refractivity contribution in [1.29, 1.82) is 0 Å². The van der Waals surface area contributed by atoms with E-state index in [1.54, 1.807) is 0 Å². The van der Waals surface area contributed by atoms with Gasteiger partial charge in [-0.05, 0) is 139 Å². The highest BCUT2D eigenvalue weighted by molar-refractivity contribution is 6.10. The maximum absolute atomic E-state index is 2.43. The summed E-state index contributed by atoms with van der Waals surface area (Å²) < 4.78 is 2.38. The van der Waals surface area contributed by atoms with Crippen molar-refractivity contribution in [2.45, 2.75) is 19.3 Å². The lowest BCUT2D eigenvalue weighted by molar-refractivity contribution is 0.660. The SMILES string of the molecule is CC1(C)c2ccccc2-c2ccc(N(c3ccc(-c4cccc5ccccc45)cc3)c3cccc(-c4cccc(-c5ccc6c(c5)c5ccccc5n6-c5ccccc5)c4)c3)cc21. The van der Waals surface area contributed by atoms with Crippen molar-refractivity contribution >= 4 is 49.6 Å². The van der Waals surface area contributed by atoms with E-state index in [9.17, 15) is 0 Å². The molecule has 1 aliphatic carbocycles. The smallest absolute Gasteiger partial charge is 0.0541 e. The second-order valence-electron chi connectivity index (χ2n) is 17.4. The lowest BCUT2D eigenvalue weighted by atomic mass is 9.82. The molecule has 0 radical (unpaired) electrons. The molecule has 2 nitrogen and oxygen atoms in total. The van der Waals surface area contributed by atoms with E-state index in [0.717, 1.165) is 17.1 Å². The first-order valence-corrected chi connectivity index (χ1v) is 21.9. The van der Waals surface area contributed by atoms with Gasteiger partial charge in [-0.2, -0.15) is 0 Å². The van der Waals surface area contributed by atoms with Crippen LogP contribution in [0.25, 0.3) is 82.8 Å². The molecule has 0 unspecified atom stereocenters. The molecule has 0 atom stereocenters. The number of hydrogen-bond acceptors (Lipinski definition) is 1. The predicted octanol–water partition coefficient (Wildman–Crippen LogP) is 16.7. The number of aromatic nitrogens is 1. The van der Waals surface area contributed by atoms with Crippen molar-refractivity contribution in [3.8, 4) is 50.2 Å². The number of hydrogen-bond donors (Lipinski definition) is 0. The maximum atomic E-state index is 2.43. The minimum Gasteiger partial charge on any atom is -0.310 e. The summed E-state index contributed by atoms with van der Waals surface area (Å²) in [5.41, 5.74) is 19.4. The van der Waals surface area contributed by atoms with Crippen LogP contribution in [0.3, 0.4) is 0 Å². The third-order valence-corrected chi connectivity index (χ3v) is 13.4. The van der Waals surface area contributed by atoms with Crippen LogP contribution in [0.15, 0.2) is 231 Å². The number of para-hydroxylation sites is 2. The van der Waals surface area contributed by atoms with Gasteiger partial charge in [0.2, 0.25) is 0 Å². The van der Waals surface area contributed by atoms with Crippen LogP contribution in [-0.4, -0.2) is 4.57 Å². The molecule has 1 heterocycles. The number of fused-ring (bicyclic) bond motifs is 7. The zero-order chi connectivity index (χ0) is 42.1. The molecule has 0 fully saturated rings. The van der Waals surface area contributed by atoms with Crippen molar-refractivity contribution < 1.29 is 0 Å². The summed E-state index contributed by atoms with van der Waals surface area (Å²) in [6.07, 6.45) is 0. The highest BCUT2D eigenvalue weighted by Crippen LogP contribution is 2.51. The first-order valence-electron chi connectivity index (χ1n) is 21.9. The Labute approximate surface area is 368 Å². The second kappa shape index (κ2) is 14.6. The molecule has 298 valence electrons. The molecule has 0 aliphatic heterocycles. The zero-order valence-corrected chi connectivity index (χ0v) is 35.3. The molecule has 0 amide bonds.